The minimum Gasteiger partial charge on any atom is -0.314 e. The summed E-state index contributed by atoms with van der Waals surface area (Å²) in [5.41, 5.74) is 0.353. The lowest BCUT2D eigenvalue weighted by atomic mass is 9.99. The van der Waals surface area contributed by atoms with Crippen LogP contribution in [0, 0.1) is 17.6 Å². The third kappa shape index (κ3) is 2.62. The second kappa shape index (κ2) is 5.35. The van der Waals surface area contributed by atoms with Crippen molar-refractivity contribution in [3.05, 3.63) is 34.4 Å². The van der Waals surface area contributed by atoms with Crippen molar-refractivity contribution in [2.75, 3.05) is 26.2 Å². The maximum absolute atomic E-state index is 14.1. The number of nitrogens with one attached hydrogen (secondary N) is 1. The largest absolute Gasteiger partial charge is 0.314 e. The summed E-state index contributed by atoms with van der Waals surface area (Å²) in [6.07, 6.45) is 2.14. The standard InChI is InChI=1S/C14H17ClF2N2/c15-13-11(17)4-3-10(16)12(13)14(9-1-2-9)19-7-5-18-6-8-19/h3-4,9,14,18H,1-2,5-8H2/t14-/m1/s1. The third-order valence-corrected chi connectivity index (χ3v) is 4.37. The first kappa shape index (κ1) is 13.3. The Bertz CT molecular complexity index is 471. The van der Waals surface area contributed by atoms with E-state index in [0.29, 0.717) is 11.5 Å². The van der Waals surface area contributed by atoms with Crippen LogP contribution in [-0.4, -0.2) is 31.1 Å². The molecule has 0 spiro atoms. The van der Waals surface area contributed by atoms with Crippen LogP contribution in [-0.2, 0) is 0 Å². The predicted molar refractivity (Wildman–Crippen MR) is 71.3 cm³/mol. The zero-order chi connectivity index (χ0) is 13.4. The highest BCUT2D eigenvalue weighted by atomic mass is 35.5. The maximum atomic E-state index is 14.1. The molecule has 1 aromatic rings. The number of hydrogen-bond donors (Lipinski definition) is 1. The molecular formula is C14H17ClF2N2. The van der Waals surface area contributed by atoms with E-state index >= 15 is 0 Å². The van der Waals surface area contributed by atoms with Crippen LogP contribution in [0.15, 0.2) is 12.1 Å². The predicted octanol–water partition coefficient (Wildman–Crippen LogP) is 2.97. The molecule has 104 valence electrons. The number of rotatable bonds is 3. The second-order valence-corrected chi connectivity index (χ2v) is 5.70. The number of nitrogens with zero attached hydrogens (tertiary/aromatic N) is 1. The first-order valence-electron chi connectivity index (χ1n) is 6.76. The highest BCUT2D eigenvalue weighted by Crippen LogP contribution is 2.47. The topological polar surface area (TPSA) is 15.3 Å². The smallest absolute Gasteiger partial charge is 0.142 e. The summed E-state index contributed by atoms with van der Waals surface area (Å²) >= 11 is 6.03. The third-order valence-electron chi connectivity index (χ3n) is 3.99. The van der Waals surface area contributed by atoms with Gasteiger partial charge in [0, 0.05) is 37.8 Å². The van der Waals surface area contributed by atoms with Gasteiger partial charge in [0.2, 0.25) is 0 Å². The van der Waals surface area contributed by atoms with E-state index in [1.165, 1.54) is 6.07 Å². The van der Waals surface area contributed by atoms with Crippen molar-refractivity contribution >= 4 is 11.6 Å². The molecule has 2 fully saturated rings. The van der Waals surface area contributed by atoms with E-state index in [-0.39, 0.29) is 16.9 Å². The summed E-state index contributed by atoms with van der Waals surface area (Å²) in [6, 6.07) is 2.21. The molecule has 1 aromatic carbocycles. The van der Waals surface area contributed by atoms with Crippen molar-refractivity contribution in [1.29, 1.82) is 0 Å². The van der Waals surface area contributed by atoms with Crippen molar-refractivity contribution in [2.24, 2.45) is 5.92 Å². The van der Waals surface area contributed by atoms with Gasteiger partial charge in [-0.15, -0.1) is 0 Å². The molecular weight excluding hydrogens is 270 g/mol. The zero-order valence-corrected chi connectivity index (χ0v) is 11.4. The van der Waals surface area contributed by atoms with E-state index in [4.69, 9.17) is 11.6 Å². The molecule has 1 heterocycles. The molecule has 1 aliphatic carbocycles. The van der Waals surface area contributed by atoms with Crippen LogP contribution in [0.2, 0.25) is 5.02 Å². The Hall–Kier alpha value is -0.710. The molecule has 2 nitrogen and oxygen atoms in total. The van der Waals surface area contributed by atoms with Gasteiger partial charge in [-0.25, -0.2) is 8.78 Å². The van der Waals surface area contributed by atoms with Crippen LogP contribution in [0.4, 0.5) is 8.78 Å². The molecule has 1 saturated heterocycles. The van der Waals surface area contributed by atoms with Crippen molar-refractivity contribution in [2.45, 2.75) is 18.9 Å². The van der Waals surface area contributed by atoms with Gasteiger partial charge in [0.25, 0.3) is 0 Å². The summed E-state index contributed by atoms with van der Waals surface area (Å²) in [5, 5.41) is 3.23. The van der Waals surface area contributed by atoms with Gasteiger partial charge in [0.05, 0.1) is 5.02 Å². The van der Waals surface area contributed by atoms with E-state index in [2.05, 4.69) is 10.2 Å². The molecule has 1 aliphatic heterocycles. The van der Waals surface area contributed by atoms with E-state index in [0.717, 1.165) is 45.1 Å². The van der Waals surface area contributed by atoms with E-state index < -0.39 is 5.82 Å². The number of piperazine rings is 1. The van der Waals surface area contributed by atoms with Crippen molar-refractivity contribution < 1.29 is 8.78 Å². The van der Waals surface area contributed by atoms with Gasteiger partial charge in [0.1, 0.15) is 11.6 Å². The van der Waals surface area contributed by atoms with E-state index in [1.807, 2.05) is 0 Å². The molecule has 0 bridgehead atoms. The lowest BCUT2D eigenvalue weighted by Crippen LogP contribution is -2.46. The molecule has 0 amide bonds. The highest BCUT2D eigenvalue weighted by molar-refractivity contribution is 6.31. The first-order valence-corrected chi connectivity index (χ1v) is 7.14. The van der Waals surface area contributed by atoms with Crippen LogP contribution in [0.3, 0.4) is 0 Å². The van der Waals surface area contributed by atoms with Gasteiger partial charge in [-0.1, -0.05) is 11.6 Å². The van der Waals surface area contributed by atoms with Crippen LogP contribution < -0.4 is 5.32 Å². The molecule has 1 N–H and O–H groups in total. The Morgan fingerprint density at radius 3 is 2.42 bits per heavy atom. The highest BCUT2D eigenvalue weighted by Gasteiger charge is 2.39. The molecule has 19 heavy (non-hydrogen) atoms. The lowest BCUT2D eigenvalue weighted by molar-refractivity contribution is 0.153. The lowest BCUT2D eigenvalue weighted by Gasteiger charge is -2.36. The Balaban J connectivity index is 1.97. The van der Waals surface area contributed by atoms with Gasteiger partial charge < -0.3 is 5.32 Å². The Kier molecular flexibility index (Phi) is 3.74. The summed E-state index contributed by atoms with van der Waals surface area (Å²) in [7, 11) is 0. The van der Waals surface area contributed by atoms with Gasteiger partial charge >= 0.3 is 0 Å². The monoisotopic (exact) mass is 286 g/mol. The Morgan fingerprint density at radius 1 is 1.16 bits per heavy atom. The second-order valence-electron chi connectivity index (χ2n) is 5.33. The first-order chi connectivity index (χ1) is 9.18. The van der Waals surface area contributed by atoms with E-state index in [1.54, 1.807) is 0 Å². The van der Waals surface area contributed by atoms with Crippen molar-refractivity contribution in [3.8, 4) is 0 Å². The van der Waals surface area contributed by atoms with Gasteiger partial charge in [-0.2, -0.15) is 0 Å². The quantitative estimate of drug-likeness (QED) is 0.860. The molecule has 1 saturated carbocycles. The van der Waals surface area contributed by atoms with Gasteiger partial charge in [0.15, 0.2) is 0 Å². The average molecular weight is 287 g/mol. The minimum atomic E-state index is -0.529. The summed E-state index contributed by atoms with van der Waals surface area (Å²) in [6.45, 7) is 3.48. The fourth-order valence-electron chi connectivity index (χ4n) is 2.90. The molecule has 0 aromatic heterocycles. The fourth-order valence-corrected chi connectivity index (χ4v) is 3.17. The molecule has 5 heteroatoms. The Morgan fingerprint density at radius 2 is 1.79 bits per heavy atom. The molecule has 3 rings (SSSR count). The molecule has 1 atom stereocenters. The number of benzene rings is 1. The zero-order valence-electron chi connectivity index (χ0n) is 10.6. The summed E-state index contributed by atoms with van der Waals surface area (Å²) in [4.78, 5) is 2.23. The minimum absolute atomic E-state index is 0.0459. The van der Waals surface area contributed by atoms with Crippen LogP contribution in [0.5, 0.6) is 0 Å². The molecule has 0 unspecified atom stereocenters. The summed E-state index contributed by atoms with van der Waals surface area (Å²) in [5.74, 6) is -0.507. The van der Waals surface area contributed by atoms with Crippen LogP contribution >= 0.6 is 11.6 Å². The summed E-state index contributed by atoms with van der Waals surface area (Å²) < 4.78 is 27.8. The fraction of sp³-hybridized carbons (Fsp3) is 0.571. The molecule has 2 aliphatic rings. The number of halogens is 3. The Labute approximate surface area is 116 Å². The normalized spacial score (nSPS) is 22.5. The van der Waals surface area contributed by atoms with Crippen molar-refractivity contribution in [3.63, 3.8) is 0 Å². The van der Waals surface area contributed by atoms with Crippen LogP contribution in [0.25, 0.3) is 0 Å². The number of hydrogen-bond acceptors (Lipinski definition) is 2. The van der Waals surface area contributed by atoms with Gasteiger partial charge in [-0.05, 0) is 30.9 Å². The SMILES string of the molecule is Fc1ccc(F)c([C@@H](C2CC2)N2CCNCC2)c1Cl. The van der Waals surface area contributed by atoms with Gasteiger partial charge in [-0.3, -0.25) is 4.90 Å². The van der Waals surface area contributed by atoms with Crippen molar-refractivity contribution in [1.82, 2.24) is 10.2 Å². The van der Waals surface area contributed by atoms with Crippen LogP contribution in [0.1, 0.15) is 24.4 Å². The van der Waals surface area contributed by atoms with E-state index in [9.17, 15) is 8.78 Å². The molecule has 0 radical (unpaired) electrons. The average Bonchev–Trinajstić information content (AvgIpc) is 3.24. The maximum Gasteiger partial charge on any atom is 0.142 e.